The van der Waals surface area contributed by atoms with Crippen molar-refractivity contribution in [2.45, 2.75) is 32.6 Å². The predicted octanol–water partition coefficient (Wildman–Crippen LogP) is 2.78. The summed E-state index contributed by atoms with van der Waals surface area (Å²) in [7, 11) is 0. The van der Waals surface area contributed by atoms with Crippen LogP contribution in [0.3, 0.4) is 0 Å². The third-order valence-corrected chi connectivity index (χ3v) is 3.13. The highest BCUT2D eigenvalue weighted by Crippen LogP contribution is 2.30. The van der Waals surface area contributed by atoms with Crippen LogP contribution in [0.2, 0.25) is 0 Å². The number of unbranched alkanes of at least 4 members (excludes halogenated alkanes) is 1. The van der Waals surface area contributed by atoms with Crippen molar-refractivity contribution >= 4 is 0 Å². The summed E-state index contributed by atoms with van der Waals surface area (Å²) in [5.74, 6) is 1.81. The predicted molar refractivity (Wildman–Crippen MR) is 73.5 cm³/mol. The van der Waals surface area contributed by atoms with Crippen LogP contribution in [0, 0.1) is 0 Å². The Kier molecular flexibility index (Phi) is 5.34. The number of benzene rings is 1. The highest BCUT2D eigenvalue weighted by molar-refractivity contribution is 5.43. The Hall–Kier alpha value is -1.22. The summed E-state index contributed by atoms with van der Waals surface area (Å²) in [4.78, 5) is 0. The van der Waals surface area contributed by atoms with Crippen molar-refractivity contribution in [2.75, 3.05) is 26.3 Å². The molecule has 18 heavy (non-hydrogen) atoms. The molecule has 1 N–H and O–H groups in total. The summed E-state index contributed by atoms with van der Waals surface area (Å²) in [6.45, 7) is 5.83. The molecule has 3 heteroatoms. The molecule has 3 nitrogen and oxygen atoms in total. The van der Waals surface area contributed by atoms with E-state index in [1.807, 2.05) is 6.07 Å². The maximum Gasteiger partial charge on any atom is 0.161 e. The van der Waals surface area contributed by atoms with E-state index in [9.17, 15) is 0 Å². The molecular formula is C15H23NO2. The average Bonchev–Trinajstić information content (AvgIpc) is 2.63. The van der Waals surface area contributed by atoms with Crippen LogP contribution in [0.1, 0.15) is 31.7 Å². The van der Waals surface area contributed by atoms with Gasteiger partial charge in [-0.1, -0.05) is 13.0 Å². The number of nitrogens with one attached hydrogen (secondary N) is 1. The number of fused-ring (bicyclic) bond motifs is 1. The highest BCUT2D eigenvalue weighted by atomic mass is 16.5. The van der Waals surface area contributed by atoms with Gasteiger partial charge in [0.15, 0.2) is 11.5 Å². The molecule has 0 atom stereocenters. The molecule has 2 rings (SSSR count). The van der Waals surface area contributed by atoms with Crippen LogP contribution in [0.15, 0.2) is 18.2 Å². The highest BCUT2D eigenvalue weighted by Gasteiger charge is 2.10. The van der Waals surface area contributed by atoms with Gasteiger partial charge in [0.2, 0.25) is 0 Å². The van der Waals surface area contributed by atoms with E-state index in [1.165, 1.54) is 18.4 Å². The molecule has 0 unspecified atom stereocenters. The number of hydrogen-bond acceptors (Lipinski definition) is 3. The van der Waals surface area contributed by atoms with Gasteiger partial charge in [-0.15, -0.1) is 0 Å². The fourth-order valence-electron chi connectivity index (χ4n) is 2.12. The monoisotopic (exact) mass is 249 g/mol. The minimum atomic E-state index is 0.759. The normalized spacial score (nSPS) is 14.3. The van der Waals surface area contributed by atoms with Crippen LogP contribution in [-0.2, 0) is 6.42 Å². The molecule has 0 aliphatic carbocycles. The maximum absolute atomic E-state index is 5.70. The lowest BCUT2D eigenvalue weighted by Crippen LogP contribution is -2.13. The van der Waals surface area contributed by atoms with Crippen LogP contribution >= 0.6 is 0 Å². The lowest BCUT2D eigenvalue weighted by molar-refractivity contribution is 0.297. The molecule has 0 amide bonds. The summed E-state index contributed by atoms with van der Waals surface area (Å²) < 4.78 is 11.3. The second-order valence-corrected chi connectivity index (χ2v) is 4.64. The van der Waals surface area contributed by atoms with Crippen molar-refractivity contribution in [3.63, 3.8) is 0 Å². The van der Waals surface area contributed by atoms with E-state index in [0.717, 1.165) is 50.6 Å². The number of aryl methyl sites for hydroxylation is 1. The smallest absolute Gasteiger partial charge is 0.161 e. The van der Waals surface area contributed by atoms with Crippen molar-refractivity contribution in [1.29, 1.82) is 0 Å². The van der Waals surface area contributed by atoms with Crippen LogP contribution < -0.4 is 14.8 Å². The first-order valence-electron chi connectivity index (χ1n) is 6.99. The standard InChI is InChI=1S/C15H23NO2/c1-2-16-9-4-3-6-13-7-8-14-15(12-13)18-11-5-10-17-14/h7-8,12,16H,2-6,9-11H2,1H3. The lowest BCUT2D eigenvalue weighted by Gasteiger charge is -2.09. The third-order valence-electron chi connectivity index (χ3n) is 3.13. The van der Waals surface area contributed by atoms with Crippen LogP contribution in [0.25, 0.3) is 0 Å². The summed E-state index contributed by atoms with van der Waals surface area (Å²) in [6, 6.07) is 6.33. The second kappa shape index (κ2) is 7.27. The zero-order valence-electron chi connectivity index (χ0n) is 11.2. The van der Waals surface area contributed by atoms with Gasteiger partial charge in [-0.05, 0) is 50.0 Å². The Morgan fingerprint density at radius 1 is 1.11 bits per heavy atom. The molecule has 1 aromatic rings. The van der Waals surface area contributed by atoms with E-state index in [-0.39, 0.29) is 0 Å². The van der Waals surface area contributed by atoms with Gasteiger partial charge in [0, 0.05) is 6.42 Å². The van der Waals surface area contributed by atoms with E-state index < -0.39 is 0 Å². The Bertz CT molecular complexity index is 366. The molecular weight excluding hydrogens is 226 g/mol. The fourth-order valence-corrected chi connectivity index (χ4v) is 2.12. The quantitative estimate of drug-likeness (QED) is 0.786. The van der Waals surface area contributed by atoms with Gasteiger partial charge >= 0.3 is 0 Å². The molecule has 0 spiro atoms. The van der Waals surface area contributed by atoms with Gasteiger partial charge in [0.1, 0.15) is 0 Å². The molecule has 0 radical (unpaired) electrons. The number of rotatable bonds is 6. The van der Waals surface area contributed by atoms with E-state index in [1.54, 1.807) is 0 Å². The second-order valence-electron chi connectivity index (χ2n) is 4.64. The Balaban J connectivity index is 1.84. The van der Waals surface area contributed by atoms with Gasteiger partial charge in [-0.3, -0.25) is 0 Å². The molecule has 1 aliphatic rings. The first kappa shape index (κ1) is 13.2. The van der Waals surface area contributed by atoms with E-state index in [4.69, 9.17) is 9.47 Å². The molecule has 0 saturated carbocycles. The minimum Gasteiger partial charge on any atom is -0.490 e. The van der Waals surface area contributed by atoms with Crippen molar-refractivity contribution < 1.29 is 9.47 Å². The summed E-state index contributed by atoms with van der Waals surface area (Å²) in [5.41, 5.74) is 1.34. The summed E-state index contributed by atoms with van der Waals surface area (Å²) >= 11 is 0. The SMILES string of the molecule is CCNCCCCc1ccc2c(c1)OCCCO2. The number of hydrogen-bond donors (Lipinski definition) is 1. The fraction of sp³-hybridized carbons (Fsp3) is 0.600. The van der Waals surface area contributed by atoms with Crippen LogP contribution in [0.4, 0.5) is 0 Å². The van der Waals surface area contributed by atoms with Gasteiger partial charge in [0.25, 0.3) is 0 Å². The summed E-state index contributed by atoms with van der Waals surface area (Å²) in [6.07, 6.45) is 4.52. The zero-order valence-corrected chi connectivity index (χ0v) is 11.2. The third kappa shape index (κ3) is 3.91. The van der Waals surface area contributed by atoms with Gasteiger partial charge in [-0.25, -0.2) is 0 Å². The van der Waals surface area contributed by atoms with Gasteiger partial charge < -0.3 is 14.8 Å². The minimum absolute atomic E-state index is 0.759. The Morgan fingerprint density at radius 2 is 1.94 bits per heavy atom. The van der Waals surface area contributed by atoms with Crippen molar-refractivity contribution in [2.24, 2.45) is 0 Å². The molecule has 1 heterocycles. The van der Waals surface area contributed by atoms with Crippen molar-refractivity contribution in [3.8, 4) is 11.5 Å². The molecule has 0 saturated heterocycles. The van der Waals surface area contributed by atoms with Crippen LogP contribution in [-0.4, -0.2) is 26.3 Å². The first-order valence-corrected chi connectivity index (χ1v) is 6.99. The van der Waals surface area contributed by atoms with Crippen molar-refractivity contribution in [1.82, 2.24) is 5.32 Å². The Morgan fingerprint density at radius 3 is 2.78 bits per heavy atom. The first-order chi connectivity index (χ1) is 8.90. The molecule has 1 aliphatic heterocycles. The number of ether oxygens (including phenoxy) is 2. The molecule has 100 valence electrons. The van der Waals surface area contributed by atoms with Gasteiger partial charge in [-0.2, -0.15) is 0 Å². The summed E-state index contributed by atoms with van der Waals surface area (Å²) in [5, 5.41) is 3.35. The largest absolute Gasteiger partial charge is 0.490 e. The zero-order chi connectivity index (χ0) is 12.6. The van der Waals surface area contributed by atoms with Crippen LogP contribution in [0.5, 0.6) is 11.5 Å². The average molecular weight is 249 g/mol. The van der Waals surface area contributed by atoms with E-state index in [2.05, 4.69) is 24.4 Å². The lowest BCUT2D eigenvalue weighted by atomic mass is 10.1. The van der Waals surface area contributed by atoms with E-state index in [0.29, 0.717) is 0 Å². The maximum atomic E-state index is 5.70. The molecule has 0 aromatic heterocycles. The van der Waals surface area contributed by atoms with Gasteiger partial charge in [0.05, 0.1) is 13.2 Å². The molecule has 0 bridgehead atoms. The van der Waals surface area contributed by atoms with E-state index >= 15 is 0 Å². The van der Waals surface area contributed by atoms with Crippen molar-refractivity contribution in [3.05, 3.63) is 23.8 Å². The topological polar surface area (TPSA) is 30.5 Å². The Labute approximate surface area is 109 Å². The molecule has 0 fully saturated rings. The molecule has 1 aromatic carbocycles.